The van der Waals surface area contributed by atoms with Crippen LogP contribution in [0, 0.1) is 0 Å². The van der Waals surface area contributed by atoms with Crippen LogP contribution < -0.4 is 5.32 Å². The monoisotopic (exact) mass is 402 g/mol. The zero-order valence-corrected chi connectivity index (χ0v) is 18.1. The first-order valence-corrected chi connectivity index (χ1v) is 11.8. The highest BCUT2D eigenvalue weighted by molar-refractivity contribution is 7.99. The zero-order chi connectivity index (χ0) is 19.8. The molecule has 1 aromatic heterocycles. The Bertz CT molecular complexity index is 752. The van der Waals surface area contributed by atoms with Crippen molar-refractivity contribution in [2.45, 2.75) is 70.1 Å². The first-order chi connectivity index (χ1) is 13.7. The van der Waals surface area contributed by atoms with E-state index in [1.165, 1.54) is 24.8 Å². The molecule has 1 aliphatic heterocycles. The van der Waals surface area contributed by atoms with E-state index in [1.54, 1.807) is 11.8 Å². The molecule has 1 N–H and O–H groups in total. The molecule has 154 valence electrons. The van der Waals surface area contributed by atoms with E-state index in [0.717, 1.165) is 56.1 Å². The molecule has 1 saturated heterocycles. The van der Waals surface area contributed by atoms with Gasteiger partial charge in [-0.05, 0) is 37.9 Å². The predicted molar refractivity (Wildman–Crippen MR) is 118 cm³/mol. The van der Waals surface area contributed by atoms with E-state index < -0.39 is 0 Å². The number of thioether (sulfide) groups is 1. The fourth-order valence-electron chi connectivity index (χ4n) is 3.87. The third kappa shape index (κ3) is 5.74. The molecule has 0 atom stereocenters. The Labute approximate surface area is 173 Å². The third-order valence-electron chi connectivity index (χ3n) is 5.59. The molecule has 2 aromatic rings. The molecule has 0 saturated carbocycles. The van der Waals surface area contributed by atoms with Crippen molar-refractivity contribution in [1.29, 1.82) is 0 Å². The van der Waals surface area contributed by atoms with Gasteiger partial charge < -0.3 is 14.8 Å². The molecule has 5 nitrogen and oxygen atoms in total. The van der Waals surface area contributed by atoms with Crippen LogP contribution in [0.3, 0.4) is 0 Å². The van der Waals surface area contributed by atoms with Gasteiger partial charge in [0.05, 0.1) is 16.8 Å². The summed E-state index contributed by atoms with van der Waals surface area (Å²) in [5, 5.41) is 4.19. The highest BCUT2D eigenvalue weighted by Crippen LogP contribution is 2.25. The van der Waals surface area contributed by atoms with Crippen molar-refractivity contribution in [3.8, 4) is 0 Å². The number of aromatic nitrogens is 2. The second-order valence-corrected chi connectivity index (χ2v) is 8.60. The van der Waals surface area contributed by atoms with Crippen molar-refractivity contribution < 1.29 is 4.79 Å². The molecule has 2 heterocycles. The number of likely N-dealkylation sites (tertiary alicyclic amines) is 1. The van der Waals surface area contributed by atoms with Crippen molar-refractivity contribution in [2.24, 2.45) is 0 Å². The molecule has 6 heteroatoms. The van der Waals surface area contributed by atoms with Gasteiger partial charge in [0.2, 0.25) is 5.91 Å². The van der Waals surface area contributed by atoms with Gasteiger partial charge in [-0.25, -0.2) is 4.98 Å². The molecule has 0 aliphatic carbocycles. The maximum atomic E-state index is 12.5. The summed E-state index contributed by atoms with van der Waals surface area (Å²) in [6, 6.07) is 8.61. The largest absolute Gasteiger partial charge is 0.353 e. The summed E-state index contributed by atoms with van der Waals surface area (Å²) in [6.07, 6.45) is 7.02. The smallest absolute Gasteiger partial charge is 0.230 e. The Morgan fingerprint density at radius 1 is 1.18 bits per heavy atom. The molecule has 28 heavy (non-hydrogen) atoms. The Balaban J connectivity index is 1.56. The Morgan fingerprint density at radius 2 is 1.96 bits per heavy atom. The second-order valence-electron chi connectivity index (χ2n) is 7.66. The van der Waals surface area contributed by atoms with Crippen LogP contribution in [-0.2, 0) is 11.3 Å². The van der Waals surface area contributed by atoms with E-state index in [0.29, 0.717) is 11.8 Å². The first-order valence-electron chi connectivity index (χ1n) is 10.8. The number of hydrogen-bond donors (Lipinski definition) is 1. The van der Waals surface area contributed by atoms with Gasteiger partial charge in [0.25, 0.3) is 0 Å². The molecule has 1 aliphatic rings. The van der Waals surface area contributed by atoms with Gasteiger partial charge in [-0.2, -0.15) is 0 Å². The number of fused-ring (bicyclic) bond motifs is 1. The molecular weight excluding hydrogens is 368 g/mol. The number of para-hydroxylation sites is 2. The molecule has 3 rings (SSSR count). The van der Waals surface area contributed by atoms with E-state index in [-0.39, 0.29) is 5.91 Å². The molecule has 1 aromatic carbocycles. The van der Waals surface area contributed by atoms with Crippen LogP contribution in [0.15, 0.2) is 29.4 Å². The summed E-state index contributed by atoms with van der Waals surface area (Å²) >= 11 is 1.57. The maximum Gasteiger partial charge on any atom is 0.230 e. The van der Waals surface area contributed by atoms with Gasteiger partial charge in [0, 0.05) is 25.7 Å². The average Bonchev–Trinajstić information content (AvgIpc) is 3.08. The number of carbonyl (C=O) groups is 1. The van der Waals surface area contributed by atoms with Gasteiger partial charge in [0.1, 0.15) is 0 Å². The molecule has 1 fully saturated rings. The van der Waals surface area contributed by atoms with Crippen LogP contribution in [0.25, 0.3) is 11.0 Å². The van der Waals surface area contributed by atoms with Crippen LogP contribution in [0.1, 0.15) is 52.4 Å². The fraction of sp³-hybridized carbons (Fsp3) is 0.636. The molecule has 1 amide bonds. The lowest BCUT2D eigenvalue weighted by molar-refractivity contribution is -0.119. The van der Waals surface area contributed by atoms with E-state index in [2.05, 4.69) is 46.8 Å². The topological polar surface area (TPSA) is 50.2 Å². The summed E-state index contributed by atoms with van der Waals surface area (Å²) in [5.41, 5.74) is 2.20. The second kappa shape index (κ2) is 10.9. The maximum absolute atomic E-state index is 12.5. The Morgan fingerprint density at radius 3 is 2.71 bits per heavy atom. The quantitative estimate of drug-likeness (QED) is 0.475. The molecule has 0 unspecified atom stereocenters. The van der Waals surface area contributed by atoms with E-state index in [1.807, 2.05) is 6.07 Å². The van der Waals surface area contributed by atoms with Crippen molar-refractivity contribution in [1.82, 2.24) is 19.8 Å². The number of benzene rings is 1. The zero-order valence-electron chi connectivity index (χ0n) is 17.3. The van der Waals surface area contributed by atoms with Gasteiger partial charge in [-0.1, -0.05) is 57.0 Å². The number of imidazole rings is 1. The summed E-state index contributed by atoms with van der Waals surface area (Å²) in [5.74, 6) is 0.566. The summed E-state index contributed by atoms with van der Waals surface area (Å²) < 4.78 is 2.29. The van der Waals surface area contributed by atoms with Gasteiger partial charge in [-0.15, -0.1) is 0 Å². The van der Waals surface area contributed by atoms with Crippen LogP contribution in [0.2, 0.25) is 0 Å². The normalized spacial score (nSPS) is 15.9. The van der Waals surface area contributed by atoms with Crippen LogP contribution >= 0.6 is 11.8 Å². The standard InChI is InChI=1S/C22H34N4OS/c1-3-5-6-9-14-26-20-11-8-7-10-19(20)24-22(26)28-17-21(27)23-18-12-15-25(4-2)16-13-18/h7-8,10-11,18H,3-6,9,12-17H2,1-2H3,(H,23,27). The molecule has 0 bridgehead atoms. The third-order valence-corrected chi connectivity index (χ3v) is 6.56. The predicted octanol–water partition coefficient (Wildman–Crippen LogP) is 4.31. The Hall–Kier alpha value is -1.53. The van der Waals surface area contributed by atoms with Crippen molar-refractivity contribution >= 4 is 28.7 Å². The minimum atomic E-state index is 0.129. The van der Waals surface area contributed by atoms with Crippen molar-refractivity contribution in [2.75, 3.05) is 25.4 Å². The van der Waals surface area contributed by atoms with Gasteiger partial charge >= 0.3 is 0 Å². The average molecular weight is 403 g/mol. The first kappa shape index (κ1) is 21.2. The van der Waals surface area contributed by atoms with Crippen molar-refractivity contribution in [3.63, 3.8) is 0 Å². The number of nitrogens with one attached hydrogen (secondary N) is 1. The number of unbranched alkanes of at least 4 members (excludes halogenated alkanes) is 3. The lowest BCUT2D eigenvalue weighted by atomic mass is 10.1. The van der Waals surface area contributed by atoms with Gasteiger partial charge in [-0.3, -0.25) is 4.79 Å². The Kier molecular flexibility index (Phi) is 8.22. The van der Waals surface area contributed by atoms with E-state index in [9.17, 15) is 4.79 Å². The molecular formula is C22H34N4OS. The molecule has 0 radical (unpaired) electrons. The number of amides is 1. The fourth-order valence-corrected chi connectivity index (χ4v) is 4.72. The number of nitrogens with zero attached hydrogens (tertiary/aromatic N) is 3. The summed E-state index contributed by atoms with van der Waals surface area (Å²) in [4.78, 5) is 19.7. The van der Waals surface area contributed by atoms with Crippen LogP contribution in [0.5, 0.6) is 0 Å². The lowest BCUT2D eigenvalue weighted by Gasteiger charge is -2.31. The van der Waals surface area contributed by atoms with Crippen molar-refractivity contribution in [3.05, 3.63) is 24.3 Å². The highest BCUT2D eigenvalue weighted by Gasteiger charge is 2.20. The van der Waals surface area contributed by atoms with E-state index in [4.69, 9.17) is 4.98 Å². The van der Waals surface area contributed by atoms with Gasteiger partial charge in [0.15, 0.2) is 5.16 Å². The summed E-state index contributed by atoms with van der Waals surface area (Å²) in [7, 11) is 0. The lowest BCUT2D eigenvalue weighted by Crippen LogP contribution is -2.45. The number of hydrogen-bond acceptors (Lipinski definition) is 4. The minimum Gasteiger partial charge on any atom is -0.353 e. The number of rotatable bonds is 10. The van der Waals surface area contributed by atoms with Crippen LogP contribution in [-0.4, -0.2) is 51.8 Å². The van der Waals surface area contributed by atoms with E-state index >= 15 is 0 Å². The number of piperidine rings is 1. The number of carbonyl (C=O) groups excluding carboxylic acids is 1. The number of aryl methyl sites for hydroxylation is 1. The highest BCUT2D eigenvalue weighted by atomic mass is 32.2. The van der Waals surface area contributed by atoms with Crippen LogP contribution in [0.4, 0.5) is 0 Å². The SMILES string of the molecule is CCCCCCn1c(SCC(=O)NC2CCN(CC)CC2)nc2ccccc21. The molecule has 0 spiro atoms. The minimum absolute atomic E-state index is 0.129. The summed E-state index contributed by atoms with van der Waals surface area (Å²) in [6.45, 7) is 8.68.